The lowest BCUT2D eigenvalue weighted by atomic mass is 10.2. The van der Waals surface area contributed by atoms with Crippen molar-refractivity contribution in [2.75, 3.05) is 57.2 Å². The van der Waals surface area contributed by atoms with Gasteiger partial charge < -0.3 is 19.7 Å². The van der Waals surface area contributed by atoms with Crippen LogP contribution < -0.4 is 19.7 Å². The van der Waals surface area contributed by atoms with Crippen LogP contribution in [0.2, 0.25) is 5.02 Å². The van der Waals surface area contributed by atoms with E-state index in [4.69, 9.17) is 21.1 Å². The number of hydrogen-bond donors (Lipinski definition) is 1. The number of nitrogens with one attached hydrogen (secondary N) is 1. The summed E-state index contributed by atoms with van der Waals surface area (Å²) >= 11 is 6.17. The Hall–Kier alpha value is -2.51. The first-order valence-electron chi connectivity index (χ1n) is 9.44. The Morgan fingerprint density at radius 1 is 1.07 bits per heavy atom. The van der Waals surface area contributed by atoms with E-state index in [0.717, 1.165) is 38.3 Å². The summed E-state index contributed by atoms with van der Waals surface area (Å²) < 4.78 is 23.6. The first-order chi connectivity index (χ1) is 14.0. The number of carbonyl (C=O) groups is 1. The summed E-state index contributed by atoms with van der Waals surface area (Å²) in [5.41, 5.74) is 1.50. The number of halogens is 2. The van der Waals surface area contributed by atoms with Crippen LogP contribution in [-0.4, -0.2) is 57.8 Å². The van der Waals surface area contributed by atoms with Crippen LogP contribution in [0, 0.1) is 5.82 Å². The second-order valence-electron chi connectivity index (χ2n) is 6.83. The molecule has 0 atom stereocenters. The summed E-state index contributed by atoms with van der Waals surface area (Å²) in [7, 11) is 3.05. The Bertz CT molecular complexity index is 848. The number of ether oxygens (including phenoxy) is 2. The minimum absolute atomic E-state index is 0.139. The quantitative estimate of drug-likeness (QED) is 0.771. The average molecular weight is 422 g/mol. The van der Waals surface area contributed by atoms with Gasteiger partial charge >= 0.3 is 0 Å². The van der Waals surface area contributed by atoms with Gasteiger partial charge in [0.25, 0.3) is 0 Å². The number of nitrogens with zero attached hydrogens (tertiary/aromatic N) is 2. The van der Waals surface area contributed by atoms with E-state index < -0.39 is 0 Å². The van der Waals surface area contributed by atoms with Crippen molar-refractivity contribution in [2.45, 2.75) is 6.42 Å². The molecule has 0 radical (unpaired) electrons. The molecule has 1 fully saturated rings. The molecule has 3 rings (SSSR count). The Balaban J connectivity index is 1.58. The monoisotopic (exact) mass is 421 g/mol. The SMILES string of the molecule is COc1cc(OC)c(NC(=O)CN2CCCN(c3ccc(F)cc3)CC2)cc1Cl. The molecule has 1 saturated heterocycles. The molecule has 1 heterocycles. The highest BCUT2D eigenvalue weighted by molar-refractivity contribution is 6.32. The third kappa shape index (κ3) is 5.52. The number of amides is 1. The third-order valence-corrected chi connectivity index (χ3v) is 5.19. The summed E-state index contributed by atoms with van der Waals surface area (Å²) in [4.78, 5) is 16.9. The normalized spacial score (nSPS) is 15.0. The van der Waals surface area contributed by atoms with Gasteiger partial charge in [-0.1, -0.05) is 11.6 Å². The lowest BCUT2D eigenvalue weighted by molar-refractivity contribution is -0.117. The van der Waals surface area contributed by atoms with E-state index in [0.29, 0.717) is 22.2 Å². The van der Waals surface area contributed by atoms with Crippen LogP contribution >= 0.6 is 11.6 Å². The van der Waals surface area contributed by atoms with Crippen LogP contribution in [0.15, 0.2) is 36.4 Å². The summed E-state index contributed by atoms with van der Waals surface area (Å²) in [6, 6.07) is 9.78. The lowest BCUT2D eigenvalue weighted by Gasteiger charge is -2.23. The minimum atomic E-state index is -0.240. The number of rotatable bonds is 6. The molecule has 1 aliphatic rings. The molecule has 156 valence electrons. The predicted octanol–water partition coefficient (Wildman–Crippen LogP) is 3.65. The van der Waals surface area contributed by atoms with Gasteiger partial charge in [0.2, 0.25) is 5.91 Å². The molecule has 2 aromatic carbocycles. The van der Waals surface area contributed by atoms with Gasteiger partial charge in [0.1, 0.15) is 17.3 Å². The molecule has 0 saturated carbocycles. The van der Waals surface area contributed by atoms with E-state index >= 15 is 0 Å². The summed E-state index contributed by atoms with van der Waals surface area (Å²) in [5, 5.41) is 3.27. The van der Waals surface area contributed by atoms with Crippen LogP contribution in [0.1, 0.15) is 6.42 Å². The lowest BCUT2D eigenvalue weighted by Crippen LogP contribution is -2.36. The fourth-order valence-electron chi connectivity index (χ4n) is 3.39. The van der Waals surface area contributed by atoms with Crippen molar-refractivity contribution in [3.63, 3.8) is 0 Å². The molecule has 6 nitrogen and oxygen atoms in total. The molecule has 2 aromatic rings. The molecular weight excluding hydrogens is 397 g/mol. The molecule has 0 spiro atoms. The maximum absolute atomic E-state index is 13.1. The van der Waals surface area contributed by atoms with E-state index in [1.807, 2.05) is 0 Å². The van der Waals surface area contributed by atoms with Gasteiger partial charge in [0.05, 0.1) is 31.5 Å². The van der Waals surface area contributed by atoms with E-state index in [1.54, 1.807) is 24.3 Å². The Morgan fingerprint density at radius 3 is 2.48 bits per heavy atom. The van der Waals surface area contributed by atoms with Crippen molar-refractivity contribution in [3.05, 3.63) is 47.2 Å². The summed E-state index contributed by atoms with van der Waals surface area (Å²) in [6.07, 6.45) is 0.919. The fourth-order valence-corrected chi connectivity index (χ4v) is 3.63. The molecule has 0 aliphatic carbocycles. The van der Waals surface area contributed by atoms with Crippen molar-refractivity contribution in [3.8, 4) is 11.5 Å². The molecule has 1 amide bonds. The van der Waals surface area contributed by atoms with E-state index in [1.165, 1.54) is 26.4 Å². The van der Waals surface area contributed by atoms with E-state index in [2.05, 4.69) is 15.1 Å². The molecule has 8 heteroatoms. The standard InChI is InChI=1S/C21H25ClFN3O3/c1-28-19-13-20(29-2)18(12-17(19)22)24-21(27)14-25-8-3-9-26(11-10-25)16-6-4-15(23)5-7-16/h4-7,12-13H,3,8-11,14H2,1-2H3,(H,24,27). The third-order valence-electron chi connectivity index (χ3n) is 4.90. The van der Waals surface area contributed by atoms with Crippen LogP contribution in [0.5, 0.6) is 11.5 Å². The van der Waals surface area contributed by atoms with Crippen LogP contribution in [-0.2, 0) is 4.79 Å². The van der Waals surface area contributed by atoms with Crippen molar-refractivity contribution in [1.82, 2.24) is 4.90 Å². The van der Waals surface area contributed by atoms with E-state index in [-0.39, 0.29) is 18.3 Å². The Morgan fingerprint density at radius 2 is 1.79 bits per heavy atom. The number of methoxy groups -OCH3 is 2. The summed E-state index contributed by atoms with van der Waals surface area (Å²) in [5.74, 6) is 0.587. The molecule has 1 aliphatic heterocycles. The van der Waals surface area contributed by atoms with Gasteiger partial charge in [0, 0.05) is 37.9 Å². The molecule has 1 N–H and O–H groups in total. The van der Waals surface area contributed by atoms with Gasteiger partial charge in [-0.3, -0.25) is 9.69 Å². The highest BCUT2D eigenvalue weighted by Crippen LogP contribution is 2.35. The van der Waals surface area contributed by atoms with E-state index in [9.17, 15) is 9.18 Å². The molecule has 29 heavy (non-hydrogen) atoms. The van der Waals surface area contributed by atoms with Gasteiger partial charge in [-0.25, -0.2) is 4.39 Å². The van der Waals surface area contributed by atoms with Gasteiger partial charge in [-0.05, 0) is 36.8 Å². The summed E-state index contributed by atoms with van der Waals surface area (Å²) in [6.45, 7) is 3.46. The molecular formula is C21H25ClFN3O3. The molecule has 0 bridgehead atoms. The maximum Gasteiger partial charge on any atom is 0.238 e. The molecule has 0 aromatic heterocycles. The van der Waals surface area contributed by atoms with Crippen LogP contribution in [0.4, 0.5) is 15.8 Å². The Labute approximate surface area is 175 Å². The van der Waals surface area contributed by atoms with Gasteiger partial charge in [0.15, 0.2) is 0 Å². The van der Waals surface area contributed by atoms with Crippen molar-refractivity contribution < 1.29 is 18.7 Å². The highest BCUT2D eigenvalue weighted by Gasteiger charge is 2.19. The minimum Gasteiger partial charge on any atom is -0.495 e. The van der Waals surface area contributed by atoms with Crippen molar-refractivity contribution >= 4 is 28.9 Å². The second kappa shape index (κ2) is 9.80. The first kappa shape index (κ1) is 21.2. The Kier molecular flexibility index (Phi) is 7.17. The average Bonchev–Trinajstić information content (AvgIpc) is 2.94. The second-order valence-corrected chi connectivity index (χ2v) is 7.24. The largest absolute Gasteiger partial charge is 0.495 e. The van der Waals surface area contributed by atoms with Crippen LogP contribution in [0.3, 0.4) is 0 Å². The van der Waals surface area contributed by atoms with Crippen molar-refractivity contribution in [1.29, 1.82) is 0 Å². The number of carbonyl (C=O) groups excluding carboxylic acids is 1. The topological polar surface area (TPSA) is 54.0 Å². The number of hydrogen-bond acceptors (Lipinski definition) is 5. The zero-order valence-electron chi connectivity index (χ0n) is 16.6. The zero-order valence-corrected chi connectivity index (χ0v) is 17.3. The van der Waals surface area contributed by atoms with Gasteiger partial charge in [-0.15, -0.1) is 0 Å². The zero-order chi connectivity index (χ0) is 20.8. The molecule has 0 unspecified atom stereocenters. The predicted molar refractivity (Wildman–Crippen MR) is 113 cm³/mol. The maximum atomic E-state index is 13.1. The van der Waals surface area contributed by atoms with Crippen LogP contribution in [0.25, 0.3) is 0 Å². The first-order valence-corrected chi connectivity index (χ1v) is 9.82. The smallest absolute Gasteiger partial charge is 0.238 e. The number of anilines is 2. The number of benzene rings is 2. The van der Waals surface area contributed by atoms with Gasteiger partial charge in [-0.2, -0.15) is 0 Å². The fraction of sp³-hybridized carbons (Fsp3) is 0.381. The van der Waals surface area contributed by atoms with Crippen molar-refractivity contribution in [2.24, 2.45) is 0 Å². The highest BCUT2D eigenvalue weighted by atomic mass is 35.5.